The van der Waals surface area contributed by atoms with Gasteiger partial charge in [-0.05, 0) is 49.6 Å². The van der Waals surface area contributed by atoms with Crippen LogP contribution in [0.25, 0.3) is 0 Å². The first-order valence-electron chi connectivity index (χ1n) is 10.1. The van der Waals surface area contributed by atoms with E-state index < -0.39 is 17.7 Å². The highest BCUT2D eigenvalue weighted by atomic mass is 35.5. The Morgan fingerprint density at radius 2 is 1.48 bits per heavy atom. The number of halogens is 1. The van der Waals surface area contributed by atoms with Gasteiger partial charge in [-0.1, -0.05) is 50.1 Å². The number of aryl methyl sites for hydroxylation is 1. The van der Waals surface area contributed by atoms with E-state index in [1.54, 1.807) is 50.2 Å². The lowest BCUT2D eigenvalue weighted by molar-refractivity contribution is -0.160. The predicted octanol–water partition coefficient (Wildman–Crippen LogP) is 6.17. The van der Waals surface area contributed by atoms with E-state index in [4.69, 9.17) is 21.1 Å². The van der Waals surface area contributed by atoms with Crippen LogP contribution in [0.5, 0.6) is 0 Å². The maximum atomic E-state index is 12.7. The van der Waals surface area contributed by atoms with E-state index in [0.29, 0.717) is 11.1 Å². The molecular formula is C24H29ClO4. The molecule has 29 heavy (non-hydrogen) atoms. The summed E-state index contributed by atoms with van der Waals surface area (Å²) in [6, 6.07) is 15.9. The Kier molecular flexibility index (Phi) is 8.71. The number of carbonyl (C=O) groups is 2. The van der Waals surface area contributed by atoms with Crippen LogP contribution >= 0.6 is 11.6 Å². The van der Waals surface area contributed by atoms with Gasteiger partial charge in [0.05, 0.1) is 11.1 Å². The van der Waals surface area contributed by atoms with Crippen LogP contribution in [0.2, 0.25) is 0 Å². The summed E-state index contributed by atoms with van der Waals surface area (Å²) in [4.78, 5) is 25.1. The molecule has 0 saturated heterocycles. The van der Waals surface area contributed by atoms with Crippen molar-refractivity contribution in [2.75, 3.05) is 0 Å². The quantitative estimate of drug-likeness (QED) is 0.201. The number of ether oxygens (including phenoxy) is 2. The molecule has 2 unspecified atom stereocenters. The van der Waals surface area contributed by atoms with Crippen molar-refractivity contribution in [3.8, 4) is 0 Å². The van der Waals surface area contributed by atoms with E-state index in [-0.39, 0.29) is 11.8 Å². The molecule has 0 saturated carbocycles. The van der Waals surface area contributed by atoms with Crippen molar-refractivity contribution in [1.29, 1.82) is 0 Å². The molecule has 0 N–H and O–H groups in total. The van der Waals surface area contributed by atoms with Gasteiger partial charge in [-0.15, -0.1) is 11.6 Å². The first kappa shape index (κ1) is 23.0. The number of rotatable bonds is 10. The Morgan fingerprint density at radius 3 is 2.00 bits per heavy atom. The van der Waals surface area contributed by atoms with Crippen molar-refractivity contribution >= 4 is 23.5 Å². The highest BCUT2D eigenvalue weighted by Crippen LogP contribution is 2.25. The number of hydrogen-bond acceptors (Lipinski definition) is 4. The Morgan fingerprint density at radius 1 is 0.931 bits per heavy atom. The molecule has 2 aromatic carbocycles. The van der Waals surface area contributed by atoms with Crippen LogP contribution in [0.1, 0.15) is 72.7 Å². The third-order valence-corrected chi connectivity index (χ3v) is 4.69. The molecule has 4 nitrogen and oxygen atoms in total. The molecule has 0 radical (unpaired) electrons. The van der Waals surface area contributed by atoms with Crippen LogP contribution in [0.4, 0.5) is 0 Å². The second kappa shape index (κ2) is 11.0. The van der Waals surface area contributed by atoms with Crippen LogP contribution in [0.3, 0.4) is 0 Å². The average molecular weight is 417 g/mol. The smallest absolute Gasteiger partial charge is 0.341 e. The molecule has 0 aliphatic heterocycles. The Balaban J connectivity index is 2.08. The molecule has 2 rings (SSSR count). The van der Waals surface area contributed by atoms with Gasteiger partial charge in [-0.3, -0.25) is 0 Å². The summed E-state index contributed by atoms with van der Waals surface area (Å²) >= 11 is 6.12. The lowest BCUT2D eigenvalue weighted by Gasteiger charge is -2.30. The van der Waals surface area contributed by atoms with Crippen molar-refractivity contribution < 1.29 is 19.1 Å². The van der Waals surface area contributed by atoms with Gasteiger partial charge in [0.2, 0.25) is 0 Å². The second-order valence-electron chi connectivity index (χ2n) is 7.42. The molecule has 0 spiro atoms. The zero-order valence-corrected chi connectivity index (χ0v) is 18.1. The monoisotopic (exact) mass is 416 g/mol. The van der Waals surface area contributed by atoms with E-state index in [0.717, 1.165) is 12.8 Å². The van der Waals surface area contributed by atoms with Crippen molar-refractivity contribution in [3.05, 3.63) is 71.3 Å². The molecule has 0 heterocycles. The first-order valence-corrected chi connectivity index (χ1v) is 10.5. The molecule has 2 aromatic rings. The standard InChI is InChI=1S/C24H29ClO4/c1-4-5-7-10-19-13-15-21(16-14-19)23(27)29-24(3,17-18(2)25)28-22(26)20-11-8-6-9-12-20/h6,8-9,11-16,18H,4-5,7,10,17H2,1-3H3. The van der Waals surface area contributed by atoms with Crippen molar-refractivity contribution in [1.82, 2.24) is 0 Å². The van der Waals surface area contributed by atoms with E-state index >= 15 is 0 Å². The van der Waals surface area contributed by atoms with Crippen LogP contribution in [-0.4, -0.2) is 23.1 Å². The van der Waals surface area contributed by atoms with Gasteiger partial charge < -0.3 is 9.47 Å². The zero-order chi connectivity index (χ0) is 21.3. The molecule has 0 aromatic heterocycles. The lowest BCUT2D eigenvalue weighted by Crippen LogP contribution is -2.39. The fourth-order valence-electron chi connectivity index (χ4n) is 3.09. The van der Waals surface area contributed by atoms with Gasteiger partial charge in [0.25, 0.3) is 5.79 Å². The van der Waals surface area contributed by atoms with Gasteiger partial charge in [-0.2, -0.15) is 0 Å². The van der Waals surface area contributed by atoms with Crippen molar-refractivity contribution in [3.63, 3.8) is 0 Å². The van der Waals surface area contributed by atoms with E-state index in [2.05, 4.69) is 6.92 Å². The molecule has 0 bridgehead atoms. The summed E-state index contributed by atoms with van der Waals surface area (Å²) in [6.07, 6.45) is 4.64. The van der Waals surface area contributed by atoms with Gasteiger partial charge in [0, 0.05) is 18.7 Å². The van der Waals surface area contributed by atoms with Gasteiger partial charge in [0.15, 0.2) is 0 Å². The normalized spacial score (nSPS) is 13.9. The topological polar surface area (TPSA) is 52.6 Å². The number of carbonyl (C=O) groups excluding carboxylic acids is 2. The molecule has 156 valence electrons. The van der Waals surface area contributed by atoms with Gasteiger partial charge in [0.1, 0.15) is 0 Å². The van der Waals surface area contributed by atoms with E-state index in [1.807, 2.05) is 18.2 Å². The van der Waals surface area contributed by atoms with Gasteiger partial charge >= 0.3 is 11.9 Å². The van der Waals surface area contributed by atoms with Crippen LogP contribution in [0.15, 0.2) is 54.6 Å². The minimum atomic E-state index is -1.47. The molecule has 0 amide bonds. The molecule has 0 aliphatic carbocycles. The Bertz CT molecular complexity index is 786. The number of unbranched alkanes of at least 4 members (excludes halogenated alkanes) is 2. The third-order valence-electron chi connectivity index (χ3n) is 4.54. The molecule has 0 fully saturated rings. The fraction of sp³-hybridized carbons (Fsp3) is 0.417. The fourth-order valence-corrected chi connectivity index (χ4v) is 3.37. The van der Waals surface area contributed by atoms with Gasteiger partial charge in [-0.25, -0.2) is 9.59 Å². The van der Waals surface area contributed by atoms with Crippen molar-refractivity contribution in [2.45, 2.75) is 64.0 Å². The maximum Gasteiger partial charge on any atom is 0.341 e. The largest absolute Gasteiger partial charge is 0.419 e. The summed E-state index contributed by atoms with van der Waals surface area (Å²) in [5.74, 6) is -2.58. The SMILES string of the molecule is CCCCCc1ccc(C(=O)OC(C)(CC(C)Cl)OC(=O)c2ccccc2)cc1. The Hall–Kier alpha value is -2.33. The molecular weight excluding hydrogens is 388 g/mol. The second-order valence-corrected chi connectivity index (χ2v) is 8.16. The summed E-state index contributed by atoms with van der Waals surface area (Å²) in [5.41, 5.74) is 1.98. The number of alkyl halides is 1. The summed E-state index contributed by atoms with van der Waals surface area (Å²) in [5, 5.41) is -0.350. The van der Waals surface area contributed by atoms with Crippen LogP contribution in [-0.2, 0) is 15.9 Å². The predicted molar refractivity (Wildman–Crippen MR) is 115 cm³/mol. The highest BCUT2D eigenvalue weighted by molar-refractivity contribution is 6.20. The molecule has 0 aliphatic rings. The van der Waals surface area contributed by atoms with E-state index in [1.165, 1.54) is 18.4 Å². The first-order chi connectivity index (χ1) is 13.8. The molecule has 5 heteroatoms. The number of hydrogen-bond donors (Lipinski definition) is 0. The minimum Gasteiger partial charge on any atom is -0.419 e. The van der Waals surface area contributed by atoms with Crippen LogP contribution < -0.4 is 0 Å². The van der Waals surface area contributed by atoms with E-state index in [9.17, 15) is 9.59 Å². The maximum absolute atomic E-state index is 12.7. The molecule has 2 atom stereocenters. The summed E-state index contributed by atoms with van der Waals surface area (Å²) < 4.78 is 11.1. The lowest BCUT2D eigenvalue weighted by atomic mass is 10.1. The number of benzene rings is 2. The minimum absolute atomic E-state index is 0.175. The number of esters is 2. The van der Waals surface area contributed by atoms with Crippen molar-refractivity contribution in [2.24, 2.45) is 0 Å². The average Bonchev–Trinajstić information content (AvgIpc) is 2.68. The van der Waals surface area contributed by atoms with Crippen LogP contribution in [0, 0.1) is 0 Å². The Labute approximate surface area is 178 Å². The summed E-state index contributed by atoms with van der Waals surface area (Å²) in [7, 11) is 0. The summed E-state index contributed by atoms with van der Waals surface area (Å²) in [6.45, 7) is 5.49. The third kappa shape index (κ3) is 7.54. The highest BCUT2D eigenvalue weighted by Gasteiger charge is 2.35. The zero-order valence-electron chi connectivity index (χ0n) is 17.3.